The van der Waals surface area contributed by atoms with E-state index in [0.717, 1.165) is 22.7 Å². The highest BCUT2D eigenvalue weighted by atomic mass is 32.2. The summed E-state index contributed by atoms with van der Waals surface area (Å²) < 4.78 is 14.2. The van der Waals surface area contributed by atoms with Crippen molar-refractivity contribution in [3.63, 3.8) is 0 Å². The van der Waals surface area contributed by atoms with E-state index in [1.54, 1.807) is 29.3 Å². The number of halogens is 1. The Kier molecular flexibility index (Phi) is 3.56. The Morgan fingerprint density at radius 2 is 2.25 bits per heavy atom. The zero-order chi connectivity index (χ0) is 11.5. The molecule has 0 bridgehead atoms. The molecule has 2 aromatic rings. The van der Waals surface area contributed by atoms with Crippen molar-refractivity contribution in [1.29, 1.82) is 0 Å². The van der Waals surface area contributed by atoms with E-state index in [1.807, 2.05) is 6.26 Å². The summed E-state index contributed by atoms with van der Waals surface area (Å²) >= 11 is 3.27. The Balaban J connectivity index is 2.44. The van der Waals surface area contributed by atoms with Gasteiger partial charge in [0.15, 0.2) is 0 Å². The van der Waals surface area contributed by atoms with E-state index in [9.17, 15) is 4.39 Å². The summed E-state index contributed by atoms with van der Waals surface area (Å²) in [6.45, 7) is 2.07. The Bertz CT molecular complexity index is 475. The highest BCUT2D eigenvalue weighted by Gasteiger charge is 2.11. The van der Waals surface area contributed by atoms with Crippen molar-refractivity contribution in [1.82, 2.24) is 9.97 Å². The van der Waals surface area contributed by atoms with Gasteiger partial charge in [0.1, 0.15) is 10.8 Å². The SMILES string of the molecule is CCc1nc(-c2cncc(F)c2)sc1SC. The molecule has 0 aliphatic carbocycles. The fourth-order valence-electron chi connectivity index (χ4n) is 1.37. The van der Waals surface area contributed by atoms with Gasteiger partial charge in [-0.05, 0) is 18.7 Å². The molecule has 0 amide bonds. The Hall–Kier alpha value is -0.940. The lowest BCUT2D eigenvalue weighted by Gasteiger charge is -1.94. The normalized spacial score (nSPS) is 10.7. The van der Waals surface area contributed by atoms with Crippen LogP contribution in [0.25, 0.3) is 10.6 Å². The molecule has 5 heteroatoms. The molecule has 2 nitrogen and oxygen atoms in total. The number of aromatic nitrogens is 2. The third-order valence-electron chi connectivity index (χ3n) is 2.13. The van der Waals surface area contributed by atoms with Crippen molar-refractivity contribution < 1.29 is 4.39 Å². The molecule has 16 heavy (non-hydrogen) atoms. The predicted octanol–water partition coefficient (Wildman–Crippen LogP) is 3.63. The van der Waals surface area contributed by atoms with Crippen LogP contribution in [-0.2, 0) is 6.42 Å². The van der Waals surface area contributed by atoms with Crippen molar-refractivity contribution in [2.24, 2.45) is 0 Å². The van der Waals surface area contributed by atoms with Gasteiger partial charge in [-0.15, -0.1) is 23.1 Å². The van der Waals surface area contributed by atoms with Crippen LogP contribution in [0.4, 0.5) is 4.39 Å². The summed E-state index contributed by atoms with van der Waals surface area (Å²) in [5, 5.41) is 0.841. The lowest BCUT2D eigenvalue weighted by atomic mass is 10.3. The second-order valence-corrected chi connectivity index (χ2v) is 5.28. The van der Waals surface area contributed by atoms with Crippen molar-refractivity contribution in [2.45, 2.75) is 17.6 Å². The maximum Gasteiger partial charge on any atom is 0.142 e. The maximum atomic E-state index is 13.0. The predicted molar refractivity (Wildman–Crippen MR) is 66.5 cm³/mol. The van der Waals surface area contributed by atoms with E-state index in [2.05, 4.69) is 16.9 Å². The van der Waals surface area contributed by atoms with E-state index >= 15 is 0 Å². The molecule has 0 aromatic carbocycles. The summed E-state index contributed by atoms with van der Waals surface area (Å²) in [5.74, 6) is -0.323. The minimum atomic E-state index is -0.323. The highest BCUT2D eigenvalue weighted by Crippen LogP contribution is 2.33. The largest absolute Gasteiger partial charge is 0.261 e. The molecule has 0 saturated heterocycles. The van der Waals surface area contributed by atoms with Crippen LogP contribution in [0.1, 0.15) is 12.6 Å². The fourth-order valence-corrected chi connectivity index (χ4v) is 3.24. The molecule has 0 aliphatic heterocycles. The van der Waals surface area contributed by atoms with Crippen LogP contribution in [0.15, 0.2) is 22.7 Å². The van der Waals surface area contributed by atoms with Gasteiger partial charge in [0.05, 0.1) is 16.1 Å². The minimum Gasteiger partial charge on any atom is -0.261 e. The smallest absolute Gasteiger partial charge is 0.142 e. The van der Waals surface area contributed by atoms with E-state index in [4.69, 9.17) is 0 Å². The van der Waals surface area contributed by atoms with Gasteiger partial charge in [-0.25, -0.2) is 9.37 Å². The van der Waals surface area contributed by atoms with Crippen LogP contribution in [0, 0.1) is 5.82 Å². The molecular weight excluding hydrogens is 243 g/mol. The zero-order valence-corrected chi connectivity index (χ0v) is 10.7. The van der Waals surface area contributed by atoms with Crippen molar-refractivity contribution in [3.05, 3.63) is 30.0 Å². The first-order chi connectivity index (χ1) is 7.74. The molecule has 0 N–H and O–H groups in total. The molecule has 0 aliphatic rings. The molecule has 2 heterocycles. The first kappa shape index (κ1) is 11.5. The number of thioether (sulfide) groups is 1. The second-order valence-electron chi connectivity index (χ2n) is 3.20. The summed E-state index contributed by atoms with van der Waals surface area (Å²) in [6, 6.07) is 1.47. The average molecular weight is 254 g/mol. The van der Waals surface area contributed by atoms with Crippen LogP contribution < -0.4 is 0 Å². The second kappa shape index (κ2) is 4.93. The van der Waals surface area contributed by atoms with Gasteiger partial charge in [-0.1, -0.05) is 6.92 Å². The number of thiazole rings is 1. The van der Waals surface area contributed by atoms with Crippen LogP contribution in [0.3, 0.4) is 0 Å². The molecule has 2 rings (SSSR count). The van der Waals surface area contributed by atoms with E-state index in [-0.39, 0.29) is 5.82 Å². The Labute approximate surface area is 102 Å². The summed E-state index contributed by atoms with van der Waals surface area (Å²) in [7, 11) is 0. The number of pyridine rings is 1. The molecule has 2 aromatic heterocycles. The molecular formula is C11H11FN2S2. The quantitative estimate of drug-likeness (QED) is 0.782. The fraction of sp³-hybridized carbons (Fsp3) is 0.273. The van der Waals surface area contributed by atoms with Gasteiger partial charge in [0.2, 0.25) is 0 Å². The first-order valence-electron chi connectivity index (χ1n) is 4.89. The molecule has 0 saturated carbocycles. The standard InChI is InChI=1S/C11H11FN2S2/c1-3-9-11(15-2)16-10(14-9)7-4-8(12)6-13-5-7/h4-6H,3H2,1-2H3. The van der Waals surface area contributed by atoms with Gasteiger partial charge in [0.25, 0.3) is 0 Å². The third kappa shape index (κ3) is 2.25. The molecule has 0 radical (unpaired) electrons. The monoisotopic (exact) mass is 254 g/mol. The maximum absolute atomic E-state index is 13.0. The molecule has 0 unspecified atom stereocenters. The van der Waals surface area contributed by atoms with Crippen LogP contribution in [0.2, 0.25) is 0 Å². The Morgan fingerprint density at radius 1 is 1.44 bits per heavy atom. The van der Waals surface area contributed by atoms with Gasteiger partial charge < -0.3 is 0 Å². The third-order valence-corrected chi connectivity index (χ3v) is 4.43. The van der Waals surface area contributed by atoms with Gasteiger partial charge >= 0.3 is 0 Å². The lowest BCUT2D eigenvalue weighted by molar-refractivity contribution is 0.622. The average Bonchev–Trinajstić information content (AvgIpc) is 2.72. The van der Waals surface area contributed by atoms with Crippen LogP contribution in [-0.4, -0.2) is 16.2 Å². The van der Waals surface area contributed by atoms with E-state index < -0.39 is 0 Å². The number of hydrogen-bond acceptors (Lipinski definition) is 4. The number of rotatable bonds is 3. The summed E-state index contributed by atoms with van der Waals surface area (Å²) in [6.07, 6.45) is 5.77. The summed E-state index contributed by atoms with van der Waals surface area (Å²) in [4.78, 5) is 8.34. The van der Waals surface area contributed by atoms with Gasteiger partial charge in [-0.2, -0.15) is 0 Å². The number of hydrogen-bond donors (Lipinski definition) is 0. The van der Waals surface area contributed by atoms with Crippen molar-refractivity contribution >= 4 is 23.1 Å². The van der Waals surface area contributed by atoms with Gasteiger partial charge in [-0.3, -0.25) is 4.98 Å². The first-order valence-corrected chi connectivity index (χ1v) is 6.93. The zero-order valence-electron chi connectivity index (χ0n) is 9.03. The van der Waals surface area contributed by atoms with Crippen LogP contribution in [0.5, 0.6) is 0 Å². The van der Waals surface area contributed by atoms with E-state index in [1.165, 1.54) is 16.5 Å². The molecule has 0 fully saturated rings. The number of aryl methyl sites for hydroxylation is 1. The molecule has 84 valence electrons. The minimum absolute atomic E-state index is 0.323. The lowest BCUT2D eigenvalue weighted by Crippen LogP contribution is -1.84. The topological polar surface area (TPSA) is 25.8 Å². The molecule has 0 atom stereocenters. The van der Waals surface area contributed by atoms with Crippen molar-refractivity contribution in [3.8, 4) is 10.6 Å². The Morgan fingerprint density at radius 3 is 2.81 bits per heavy atom. The van der Waals surface area contributed by atoms with Crippen LogP contribution >= 0.6 is 23.1 Å². The van der Waals surface area contributed by atoms with Gasteiger partial charge in [0, 0.05) is 11.8 Å². The number of nitrogens with zero attached hydrogens (tertiary/aromatic N) is 2. The highest BCUT2D eigenvalue weighted by molar-refractivity contribution is 8.00. The van der Waals surface area contributed by atoms with Crippen molar-refractivity contribution in [2.75, 3.05) is 6.26 Å². The van der Waals surface area contributed by atoms with E-state index in [0.29, 0.717) is 0 Å². The molecule has 0 spiro atoms. The summed E-state index contributed by atoms with van der Waals surface area (Å²) in [5.41, 5.74) is 1.83.